The van der Waals surface area contributed by atoms with Gasteiger partial charge < -0.3 is 13.9 Å². The van der Waals surface area contributed by atoms with Gasteiger partial charge in [0.25, 0.3) is 0 Å². The van der Waals surface area contributed by atoms with Crippen LogP contribution in [-0.4, -0.2) is 51.3 Å². The van der Waals surface area contributed by atoms with Crippen LogP contribution in [0.2, 0.25) is 0 Å². The topological polar surface area (TPSA) is 48.1 Å². The van der Waals surface area contributed by atoms with E-state index < -0.39 is 0 Å². The second-order valence-corrected chi connectivity index (χ2v) is 4.57. The second kappa shape index (κ2) is 7.06. The molecule has 0 atom stereocenters. The Hall–Kier alpha value is -1.66. The van der Waals surface area contributed by atoms with Gasteiger partial charge in [-0.1, -0.05) is 0 Å². The molecule has 0 fully saturated rings. The number of nitrogens with zero attached hydrogens (tertiary/aromatic N) is 5. The maximum absolute atomic E-state index is 5.10. The molecule has 0 saturated carbocycles. The zero-order valence-corrected chi connectivity index (χ0v) is 11.6. The number of hydrogen-bond donors (Lipinski definition) is 0. The van der Waals surface area contributed by atoms with E-state index in [0.717, 1.165) is 32.0 Å². The van der Waals surface area contributed by atoms with E-state index in [4.69, 9.17) is 4.74 Å². The van der Waals surface area contributed by atoms with Crippen LogP contribution in [0, 0.1) is 0 Å². The van der Waals surface area contributed by atoms with Gasteiger partial charge in [-0.05, 0) is 7.05 Å². The van der Waals surface area contributed by atoms with Gasteiger partial charge in [0, 0.05) is 51.5 Å². The summed E-state index contributed by atoms with van der Waals surface area (Å²) in [5.41, 5.74) is 0. The normalized spacial score (nSPS) is 11.3. The third-order valence-corrected chi connectivity index (χ3v) is 3.05. The average Bonchev–Trinajstić information content (AvgIpc) is 3.05. The zero-order valence-electron chi connectivity index (χ0n) is 11.6. The fraction of sp³-hybridized carbons (Fsp3) is 0.538. The molecule has 2 heterocycles. The first-order valence-corrected chi connectivity index (χ1v) is 6.43. The lowest BCUT2D eigenvalue weighted by molar-refractivity contribution is 0.184. The van der Waals surface area contributed by atoms with Gasteiger partial charge in [-0.15, -0.1) is 0 Å². The summed E-state index contributed by atoms with van der Waals surface area (Å²) in [6, 6.07) is 0. The average molecular weight is 263 g/mol. The quantitative estimate of drug-likeness (QED) is 0.708. The summed E-state index contributed by atoms with van der Waals surface area (Å²) in [6.07, 6.45) is 9.46. The molecular weight excluding hydrogens is 242 g/mol. The Morgan fingerprint density at radius 2 is 2.16 bits per heavy atom. The molecule has 2 aromatic rings. The van der Waals surface area contributed by atoms with Crippen molar-refractivity contribution in [3.8, 4) is 0 Å². The van der Waals surface area contributed by atoms with E-state index in [0.29, 0.717) is 6.61 Å². The molecule has 0 bridgehead atoms. The van der Waals surface area contributed by atoms with Gasteiger partial charge in [-0.3, -0.25) is 4.90 Å². The highest BCUT2D eigenvalue weighted by Gasteiger charge is 2.06. The van der Waals surface area contributed by atoms with E-state index >= 15 is 0 Å². The predicted octanol–water partition coefficient (Wildman–Crippen LogP) is 0.858. The molecule has 19 heavy (non-hydrogen) atoms. The summed E-state index contributed by atoms with van der Waals surface area (Å²) in [6.45, 7) is 4.30. The summed E-state index contributed by atoms with van der Waals surface area (Å²) < 4.78 is 9.31. The number of hydrogen-bond acceptors (Lipinski definition) is 4. The maximum Gasteiger partial charge on any atom is 0.122 e. The first-order valence-electron chi connectivity index (χ1n) is 6.43. The van der Waals surface area contributed by atoms with Crippen molar-refractivity contribution in [3.05, 3.63) is 36.9 Å². The van der Waals surface area contributed by atoms with Crippen molar-refractivity contribution in [1.82, 2.24) is 24.0 Å². The summed E-state index contributed by atoms with van der Waals surface area (Å²) in [7, 11) is 3.82. The second-order valence-electron chi connectivity index (χ2n) is 4.57. The van der Waals surface area contributed by atoms with Crippen molar-refractivity contribution in [2.24, 2.45) is 0 Å². The van der Waals surface area contributed by atoms with E-state index in [1.165, 1.54) is 0 Å². The van der Waals surface area contributed by atoms with Crippen molar-refractivity contribution in [2.45, 2.75) is 19.6 Å². The SMILES string of the molecule is COCCn1ccnc1CN(C)CCn1ccnc1. The van der Waals surface area contributed by atoms with Gasteiger partial charge in [0.05, 0.1) is 19.5 Å². The Morgan fingerprint density at radius 1 is 1.26 bits per heavy atom. The van der Waals surface area contributed by atoms with E-state index in [1.54, 1.807) is 13.3 Å². The van der Waals surface area contributed by atoms with Crippen molar-refractivity contribution in [3.63, 3.8) is 0 Å². The van der Waals surface area contributed by atoms with Crippen molar-refractivity contribution < 1.29 is 4.74 Å². The van der Waals surface area contributed by atoms with Crippen LogP contribution in [0.25, 0.3) is 0 Å². The molecule has 6 heteroatoms. The van der Waals surface area contributed by atoms with Gasteiger partial charge in [0.1, 0.15) is 5.82 Å². The van der Waals surface area contributed by atoms with Crippen molar-refractivity contribution >= 4 is 0 Å². The van der Waals surface area contributed by atoms with Crippen molar-refractivity contribution in [1.29, 1.82) is 0 Å². The summed E-state index contributed by atoms with van der Waals surface area (Å²) in [4.78, 5) is 10.7. The molecule has 6 nitrogen and oxygen atoms in total. The van der Waals surface area contributed by atoms with Gasteiger partial charge in [0.2, 0.25) is 0 Å². The van der Waals surface area contributed by atoms with Crippen LogP contribution in [0.5, 0.6) is 0 Å². The Morgan fingerprint density at radius 3 is 2.89 bits per heavy atom. The first-order chi connectivity index (χ1) is 9.29. The number of aromatic nitrogens is 4. The third-order valence-electron chi connectivity index (χ3n) is 3.05. The van der Waals surface area contributed by atoms with Crippen LogP contribution in [-0.2, 0) is 24.4 Å². The van der Waals surface area contributed by atoms with Crippen LogP contribution in [0.3, 0.4) is 0 Å². The molecule has 2 rings (SSSR count). The third kappa shape index (κ3) is 4.18. The van der Waals surface area contributed by atoms with E-state index in [1.807, 2.05) is 24.9 Å². The van der Waals surface area contributed by atoms with Gasteiger partial charge in [0.15, 0.2) is 0 Å². The summed E-state index contributed by atoms with van der Waals surface area (Å²) >= 11 is 0. The lowest BCUT2D eigenvalue weighted by atomic mass is 10.4. The molecule has 0 N–H and O–H groups in total. The Labute approximate surface area is 113 Å². The van der Waals surface area contributed by atoms with Crippen LogP contribution >= 0.6 is 0 Å². The van der Waals surface area contributed by atoms with Crippen LogP contribution in [0.15, 0.2) is 31.1 Å². The molecule has 0 amide bonds. The van der Waals surface area contributed by atoms with E-state index in [2.05, 4.69) is 31.0 Å². The minimum absolute atomic E-state index is 0.710. The van der Waals surface area contributed by atoms with Crippen LogP contribution in [0.4, 0.5) is 0 Å². The van der Waals surface area contributed by atoms with Crippen LogP contribution < -0.4 is 0 Å². The largest absolute Gasteiger partial charge is 0.383 e. The Kier molecular flexibility index (Phi) is 5.11. The highest BCUT2D eigenvalue weighted by molar-refractivity contribution is 4.92. The molecule has 0 aliphatic heterocycles. The lowest BCUT2D eigenvalue weighted by Crippen LogP contribution is -2.24. The number of imidazole rings is 2. The fourth-order valence-corrected chi connectivity index (χ4v) is 1.91. The minimum atomic E-state index is 0.710. The van der Waals surface area contributed by atoms with Crippen molar-refractivity contribution in [2.75, 3.05) is 27.3 Å². The highest BCUT2D eigenvalue weighted by Crippen LogP contribution is 2.02. The number of likely N-dealkylation sites (N-methyl/N-ethyl adjacent to an activating group) is 1. The minimum Gasteiger partial charge on any atom is -0.383 e. The number of rotatable bonds is 8. The molecule has 0 aliphatic rings. The molecular formula is C13H21N5O. The van der Waals surface area contributed by atoms with Gasteiger partial charge >= 0.3 is 0 Å². The van der Waals surface area contributed by atoms with Gasteiger partial charge in [-0.2, -0.15) is 0 Å². The molecule has 0 unspecified atom stereocenters. The monoisotopic (exact) mass is 263 g/mol. The first kappa shape index (κ1) is 13.8. The Bertz CT molecular complexity index is 465. The fourth-order valence-electron chi connectivity index (χ4n) is 1.91. The Balaban J connectivity index is 1.81. The van der Waals surface area contributed by atoms with Gasteiger partial charge in [-0.25, -0.2) is 9.97 Å². The number of methoxy groups -OCH3 is 1. The smallest absolute Gasteiger partial charge is 0.122 e. The molecule has 0 aliphatic carbocycles. The summed E-state index contributed by atoms with van der Waals surface area (Å²) in [5, 5.41) is 0. The highest BCUT2D eigenvalue weighted by atomic mass is 16.5. The molecule has 0 aromatic carbocycles. The van der Waals surface area contributed by atoms with E-state index in [9.17, 15) is 0 Å². The molecule has 0 saturated heterocycles. The zero-order chi connectivity index (χ0) is 13.5. The van der Waals surface area contributed by atoms with Crippen LogP contribution in [0.1, 0.15) is 5.82 Å². The molecule has 0 radical (unpaired) electrons. The lowest BCUT2D eigenvalue weighted by Gasteiger charge is -2.17. The number of ether oxygens (including phenoxy) is 1. The molecule has 2 aromatic heterocycles. The maximum atomic E-state index is 5.10. The molecule has 104 valence electrons. The van der Waals surface area contributed by atoms with E-state index in [-0.39, 0.29) is 0 Å². The predicted molar refractivity (Wildman–Crippen MR) is 72.7 cm³/mol. The summed E-state index contributed by atoms with van der Waals surface area (Å²) in [5.74, 6) is 1.07. The molecule has 0 spiro atoms. The standard InChI is InChI=1S/C13H21N5O/c1-16(7-8-17-5-3-14-12-17)11-13-15-4-6-18(13)9-10-19-2/h3-6,12H,7-11H2,1-2H3.